The van der Waals surface area contributed by atoms with Gasteiger partial charge in [-0.25, -0.2) is 0 Å². The normalized spacial score (nSPS) is 7.00. The molecule has 0 aromatic heterocycles. The Balaban J connectivity index is 0. The average molecular weight is 103 g/mol. The molecule has 0 heterocycles. The fourth-order valence-corrected chi connectivity index (χ4v) is 0.433. The first kappa shape index (κ1) is 9.58. The molecule has 36 valence electrons. The summed E-state index contributed by atoms with van der Waals surface area (Å²) < 4.78 is 0. The van der Waals surface area contributed by atoms with Crippen molar-refractivity contribution in [1.29, 1.82) is 0 Å². The van der Waals surface area contributed by atoms with E-state index in [1.54, 1.807) is 0 Å². The molecule has 0 atom stereocenters. The van der Waals surface area contributed by atoms with Crippen molar-refractivity contribution in [3.05, 3.63) is 0 Å². The topological polar surface area (TPSA) is 30.5 Å². The van der Waals surface area contributed by atoms with Crippen molar-refractivity contribution < 1.29 is 0 Å². The van der Waals surface area contributed by atoms with Crippen LogP contribution in [0.5, 0.6) is 0 Å². The Morgan fingerprint density at radius 3 is 2.00 bits per heavy atom. The zero-order chi connectivity index (χ0) is 4.12. The van der Waals surface area contributed by atoms with Gasteiger partial charge in [-0.15, -0.1) is 0 Å². The second kappa shape index (κ2) is 9.00. The second-order valence-electron chi connectivity index (χ2n) is 1.06. The van der Waals surface area contributed by atoms with Crippen LogP contribution < -0.4 is 6.15 Å². The van der Waals surface area contributed by atoms with Gasteiger partial charge in [0.05, 0.1) is 0 Å². The fraction of sp³-hybridized carbons (Fsp3) is 1.00. The standard InChI is InChI=1S/C4H9S.N/c1-2-3-4-5;/h2-4H2,1H3;. The predicted octanol–water partition coefficient (Wildman–Crippen LogP) is 1.50. The Kier molecular flexibility index (Phi) is 14.4. The van der Waals surface area contributed by atoms with Crippen LogP contribution in [0.25, 0.3) is 0 Å². The molecule has 0 amide bonds. The lowest BCUT2D eigenvalue weighted by atomic mass is 10.4. The van der Waals surface area contributed by atoms with Crippen molar-refractivity contribution in [3.63, 3.8) is 0 Å². The van der Waals surface area contributed by atoms with E-state index in [0.29, 0.717) is 0 Å². The van der Waals surface area contributed by atoms with Crippen LogP contribution in [0.3, 0.4) is 0 Å². The van der Waals surface area contributed by atoms with Gasteiger partial charge in [0.15, 0.2) is 0 Å². The van der Waals surface area contributed by atoms with Gasteiger partial charge < -0.3 is 0 Å². The van der Waals surface area contributed by atoms with Crippen LogP contribution in [-0.2, 0) is 0 Å². The Morgan fingerprint density at radius 2 is 2.00 bits per heavy atom. The molecule has 0 saturated heterocycles. The summed E-state index contributed by atoms with van der Waals surface area (Å²) in [5, 5.41) is 0. The van der Waals surface area contributed by atoms with E-state index >= 15 is 0 Å². The summed E-state index contributed by atoms with van der Waals surface area (Å²) in [4.78, 5) is 0. The first-order chi connectivity index (χ1) is 2.41. The largest absolute Gasteiger partial charge is 0.0942 e. The van der Waals surface area contributed by atoms with Crippen molar-refractivity contribution in [1.82, 2.24) is 6.15 Å². The predicted molar refractivity (Wildman–Crippen MR) is 29.5 cm³/mol. The number of hydrogen-bond donors (Lipinski definition) is 0. The zero-order valence-electron chi connectivity index (χ0n) is 3.98. The van der Waals surface area contributed by atoms with Gasteiger partial charge in [-0.2, -0.15) is 0 Å². The number of rotatable bonds is 2. The van der Waals surface area contributed by atoms with E-state index in [2.05, 4.69) is 19.6 Å². The Labute approximate surface area is 45.1 Å². The minimum atomic E-state index is 0. The molecule has 0 aliphatic rings. The van der Waals surface area contributed by atoms with Gasteiger partial charge in [0.1, 0.15) is 0 Å². The van der Waals surface area contributed by atoms with E-state index in [-0.39, 0.29) is 6.15 Å². The maximum Gasteiger partial charge on any atom is 0.00368 e. The molecule has 0 aliphatic heterocycles. The molecule has 0 aromatic carbocycles. The summed E-state index contributed by atoms with van der Waals surface area (Å²) in [5.41, 5.74) is 0. The van der Waals surface area contributed by atoms with E-state index in [4.69, 9.17) is 0 Å². The summed E-state index contributed by atoms with van der Waals surface area (Å²) in [7, 11) is 0. The zero-order valence-corrected chi connectivity index (χ0v) is 4.79. The average Bonchev–Trinajstić information content (AvgIpc) is 1.41. The van der Waals surface area contributed by atoms with Crippen molar-refractivity contribution in [2.75, 3.05) is 5.75 Å². The van der Waals surface area contributed by atoms with Gasteiger partial charge >= 0.3 is 0 Å². The highest BCUT2D eigenvalue weighted by Gasteiger charge is 1.69. The van der Waals surface area contributed by atoms with E-state index in [9.17, 15) is 0 Å². The lowest BCUT2D eigenvalue weighted by Gasteiger charge is -1.77. The second-order valence-corrected chi connectivity index (χ2v) is 1.47. The monoisotopic (exact) mass is 103 g/mol. The van der Waals surface area contributed by atoms with Crippen LogP contribution in [0.2, 0.25) is 0 Å². The van der Waals surface area contributed by atoms with E-state index < -0.39 is 0 Å². The molecule has 0 aliphatic carbocycles. The van der Waals surface area contributed by atoms with Crippen LogP contribution in [0.1, 0.15) is 19.8 Å². The van der Waals surface area contributed by atoms with Gasteiger partial charge in [-0.05, 0) is 6.42 Å². The smallest absolute Gasteiger partial charge is 0.00368 e. The number of hydrogen-bond acceptors (Lipinski definition) is 0. The third kappa shape index (κ3) is 8.85. The van der Waals surface area contributed by atoms with Crippen LogP contribution >= 0.6 is 12.6 Å². The summed E-state index contributed by atoms with van der Waals surface area (Å²) >= 11 is 4.65. The summed E-state index contributed by atoms with van der Waals surface area (Å²) in [6.07, 6.45) is 2.44. The SMILES string of the molecule is CCCC[S].[N]. The molecule has 0 saturated carbocycles. The van der Waals surface area contributed by atoms with Crippen molar-refractivity contribution in [2.24, 2.45) is 0 Å². The highest BCUT2D eigenvalue weighted by Crippen LogP contribution is 1.85. The van der Waals surface area contributed by atoms with Crippen molar-refractivity contribution in [2.45, 2.75) is 19.8 Å². The van der Waals surface area contributed by atoms with Crippen LogP contribution in [0.4, 0.5) is 0 Å². The van der Waals surface area contributed by atoms with Gasteiger partial charge in [-0.3, -0.25) is 0 Å². The highest BCUT2D eigenvalue weighted by atomic mass is 32.1. The maximum absolute atomic E-state index is 4.65. The molecule has 0 aromatic rings. The molecule has 1 nitrogen and oxygen atoms in total. The lowest BCUT2D eigenvalue weighted by molar-refractivity contribution is 0.899. The molecule has 0 spiro atoms. The fourth-order valence-electron chi connectivity index (χ4n) is 0.144. The first-order valence-electron chi connectivity index (χ1n) is 2.00. The third-order valence-electron chi connectivity index (χ3n) is 0.498. The molecule has 0 bridgehead atoms. The van der Waals surface area contributed by atoms with Crippen LogP contribution in [-0.4, -0.2) is 5.75 Å². The minimum absolute atomic E-state index is 0. The van der Waals surface area contributed by atoms with Gasteiger partial charge in [-0.1, -0.05) is 26.0 Å². The highest BCUT2D eigenvalue weighted by molar-refractivity contribution is 7.80. The van der Waals surface area contributed by atoms with Gasteiger partial charge in [0, 0.05) is 11.9 Å². The third-order valence-corrected chi connectivity index (χ3v) is 0.787. The molecule has 0 fully saturated rings. The van der Waals surface area contributed by atoms with Crippen molar-refractivity contribution >= 4 is 12.6 Å². The molecule has 0 rings (SSSR count). The molecular formula is C4H9NS. The maximum atomic E-state index is 4.65. The Hall–Kier alpha value is 0.310. The summed E-state index contributed by atoms with van der Waals surface area (Å²) in [6, 6.07) is 0. The van der Waals surface area contributed by atoms with Crippen LogP contribution in [0.15, 0.2) is 0 Å². The van der Waals surface area contributed by atoms with Gasteiger partial charge in [0.25, 0.3) is 0 Å². The van der Waals surface area contributed by atoms with E-state index in [0.717, 1.165) is 5.75 Å². The van der Waals surface area contributed by atoms with Gasteiger partial charge in [0.2, 0.25) is 0 Å². The lowest BCUT2D eigenvalue weighted by Crippen LogP contribution is -1.65. The quantitative estimate of drug-likeness (QED) is 0.507. The number of nitrogens with zero attached hydrogens (tertiary/aromatic N) is 1. The Bertz CT molecular complexity index is 15.0. The van der Waals surface area contributed by atoms with E-state index in [1.807, 2.05) is 0 Å². The van der Waals surface area contributed by atoms with E-state index in [1.165, 1.54) is 12.8 Å². The first-order valence-corrected chi connectivity index (χ1v) is 2.57. The summed E-state index contributed by atoms with van der Waals surface area (Å²) in [5.74, 6) is 0.927. The number of unbranched alkanes of at least 4 members (excludes halogenated alkanes) is 1. The van der Waals surface area contributed by atoms with Crippen molar-refractivity contribution in [3.8, 4) is 0 Å². The minimum Gasteiger partial charge on any atom is -0.0942 e. The molecule has 0 N–H and O–H groups in total. The molecule has 4 radical (unpaired) electrons. The molecule has 6 heavy (non-hydrogen) atoms. The Morgan fingerprint density at radius 1 is 1.50 bits per heavy atom. The molecule has 2 heteroatoms. The summed E-state index contributed by atoms with van der Waals surface area (Å²) in [6.45, 7) is 2.15. The van der Waals surface area contributed by atoms with Crippen LogP contribution in [0, 0.1) is 0 Å². The molecule has 0 unspecified atom stereocenters. The molecular weight excluding hydrogens is 94.1 g/mol.